The molecular weight excluding hydrogens is 194 g/mol. The van der Waals surface area contributed by atoms with Crippen molar-refractivity contribution < 1.29 is 14.6 Å². The molecule has 0 bridgehead atoms. The molecule has 0 saturated heterocycles. The summed E-state index contributed by atoms with van der Waals surface area (Å²) in [5, 5.41) is 19.9. The van der Waals surface area contributed by atoms with E-state index in [1.807, 2.05) is 0 Å². The molecular formula is C11H11NO3. The summed E-state index contributed by atoms with van der Waals surface area (Å²) in [5.74, 6) is 0.535. The van der Waals surface area contributed by atoms with E-state index in [4.69, 9.17) is 4.42 Å². The van der Waals surface area contributed by atoms with Gasteiger partial charge in [-0.05, 0) is 18.9 Å². The Morgan fingerprint density at radius 3 is 2.80 bits per heavy atom. The number of nitrogens with zero attached hydrogens (tertiary/aromatic N) is 1. The molecule has 1 heterocycles. The van der Waals surface area contributed by atoms with Gasteiger partial charge in [0.05, 0.1) is 5.60 Å². The van der Waals surface area contributed by atoms with Crippen LogP contribution in [0.15, 0.2) is 16.5 Å². The van der Waals surface area contributed by atoms with Crippen molar-refractivity contribution in [3.63, 3.8) is 0 Å². The predicted octanol–water partition coefficient (Wildman–Crippen LogP) is 1.82. The maximum atomic E-state index is 9.94. The second-order valence-electron chi connectivity index (χ2n) is 4.07. The molecule has 0 unspecified atom stereocenters. The third-order valence-corrected chi connectivity index (χ3v) is 2.86. The minimum Gasteiger partial charge on any atom is -0.504 e. The average Bonchev–Trinajstić information content (AvgIpc) is 2.78. The summed E-state index contributed by atoms with van der Waals surface area (Å²) < 4.78 is 5.29. The van der Waals surface area contributed by atoms with Gasteiger partial charge in [0.2, 0.25) is 0 Å². The molecule has 4 heteroatoms. The molecule has 2 N–H and O–H groups in total. The number of phenolic OH excluding ortho intramolecular Hbond substituents is 1. The number of aromatic nitrogens is 1. The summed E-state index contributed by atoms with van der Waals surface area (Å²) in [4.78, 5) is 4.11. The first-order valence-corrected chi connectivity index (χ1v) is 4.92. The average molecular weight is 205 g/mol. The molecule has 78 valence electrons. The highest BCUT2D eigenvalue weighted by Crippen LogP contribution is 2.50. The summed E-state index contributed by atoms with van der Waals surface area (Å²) in [6.07, 6.45) is 1.39. The van der Waals surface area contributed by atoms with Gasteiger partial charge >= 0.3 is 0 Å². The van der Waals surface area contributed by atoms with Crippen molar-refractivity contribution in [2.24, 2.45) is 0 Å². The minimum atomic E-state index is -0.848. The molecule has 15 heavy (non-hydrogen) atoms. The van der Waals surface area contributed by atoms with Crippen molar-refractivity contribution in [3.05, 3.63) is 23.6 Å². The first kappa shape index (κ1) is 8.73. The Morgan fingerprint density at radius 2 is 2.13 bits per heavy atom. The first-order valence-electron chi connectivity index (χ1n) is 4.92. The second-order valence-corrected chi connectivity index (χ2v) is 4.07. The Balaban J connectivity index is 2.29. The molecule has 1 aliphatic carbocycles. The lowest BCUT2D eigenvalue weighted by atomic mass is 10.1. The largest absolute Gasteiger partial charge is 0.504 e. The molecule has 1 saturated carbocycles. The zero-order valence-corrected chi connectivity index (χ0v) is 8.32. The highest BCUT2D eigenvalue weighted by Gasteiger charge is 2.44. The van der Waals surface area contributed by atoms with Crippen LogP contribution in [-0.4, -0.2) is 15.2 Å². The van der Waals surface area contributed by atoms with Crippen molar-refractivity contribution in [3.8, 4) is 5.75 Å². The van der Waals surface area contributed by atoms with Gasteiger partial charge in [-0.2, -0.15) is 0 Å². The number of aryl methyl sites for hydroxylation is 1. The van der Waals surface area contributed by atoms with E-state index in [2.05, 4.69) is 4.98 Å². The fourth-order valence-electron chi connectivity index (χ4n) is 1.85. The molecule has 0 atom stereocenters. The molecule has 0 amide bonds. The van der Waals surface area contributed by atoms with Crippen LogP contribution in [0.5, 0.6) is 5.75 Å². The quantitative estimate of drug-likeness (QED) is 0.745. The summed E-state index contributed by atoms with van der Waals surface area (Å²) in [6, 6.07) is 3.48. The van der Waals surface area contributed by atoms with Gasteiger partial charge in [-0.15, -0.1) is 0 Å². The lowest BCUT2D eigenvalue weighted by Gasteiger charge is -2.09. The molecule has 1 aromatic carbocycles. The van der Waals surface area contributed by atoms with Gasteiger partial charge in [0, 0.05) is 12.5 Å². The van der Waals surface area contributed by atoms with Crippen LogP contribution in [0.2, 0.25) is 0 Å². The SMILES string of the molecule is Cc1nc2ccc(C3(O)CC3)c(O)c2o1. The number of aromatic hydroxyl groups is 1. The van der Waals surface area contributed by atoms with Crippen molar-refractivity contribution in [2.45, 2.75) is 25.4 Å². The summed E-state index contributed by atoms with van der Waals surface area (Å²) in [6.45, 7) is 1.73. The van der Waals surface area contributed by atoms with Gasteiger partial charge in [0.15, 0.2) is 17.2 Å². The summed E-state index contributed by atoms with van der Waals surface area (Å²) in [7, 11) is 0. The number of oxazole rings is 1. The molecule has 1 aliphatic rings. The summed E-state index contributed by atoms with van der Waals surface area (Å²) in [5.41, 5.74) is 0.688. The zero-order chi connectivity index (χ0) is 10.6. The van der Waals surface area contributed by atoms with Gasteiger partial charge in [-0.1, -0.05) is 6.07 Å². The van der Waals surface area contributed by atoms with E-state index in [-0.39, 0.29) is 5.75 Å². The van der Waals surface area contributed by atoms with E-state index in [0.717, 1.165) is 0 Å². The standard InChI is InChI=1S/C11H11NO3/c1-6-12-8-3-2-7(11(14)4-5-11)9(13)10(8)15-6/h2-3,13-14H,4-5H2,1H3. The van der Waals surface area contributed by atoms with E-state index >= 15 is 0 Å². The Bertz CT molecular complexity index is 540. The van der Waals surface area contributed by atoms with Crippen LogP contribution in [0.3, 0.4) is 0 Å². The van der Waals surface area contributed by atoms with E-state index in [1.165, 1.54) is 0 Å². The molecule has 2 aromatic rings. The molecule has 4 nitrogen and oxygen atoms in total. The Hall–Kier alpha value is -1.55. The van der Waals surface area contributed by atoms with Crippen molar-refractivity contribution >= 4 is 11.1 Å². The Kier molecular flexibility index (Phi) is 1.47. The van der Waals surface area contributed by atoms with Gasteiger partial charge in [0.25, 0.3) is 0 Å². The third-order valence-electron chi connectivity index (χ3n) is 2.86. The number of hydrogen-bond donors (Lipinski definition) is 2. The summed E-state index contributed by atoms with van der Waals surface area (Å²) >= 11 is 0. The lowest BCUT2D eigenvalue weighted by Crippen LogP contribution is -2.04. The monoisotopic (exact) mass is 205 g/mol. The predicted molar refractivity (Wildman–Crippen MR) is 53.5 cm³/mol. The highest BCUT2D eigenvalue weighted by atomic mass is 16.4. The van der Waals surface area contributed by atoms with Crippen LogP contribution >= 0.6 is 0 Å². The van der Waals surface area contributed by atoms with Crippen molar-refractivity contribution in [2.75, 3.05) is 0 Å². The lowest BCUT2D eigenvalue weighted by molar-refractivity contribution is 0.148. The van der Waals surface area contributed by atoms with Gasteiger partial charge in [-0.3, -0.25) is 0 Å². The molecule has 1 fully saturated rings. The topological polar surface area (TPSA) is 66.5 Å². The number of hydrogen-bond acceptors (Lipinski definition) is 4. The number of aliphatic hydroxyl groups is 1. The number of rotatable bonds is 1. The highest BCUT2D eigenvalue weighted by molar-refractivity contribution is 5.81. The van der Waals surface area contributed by atoms with Crippen molar-refractivity contribution in [1.82, 2.24) is 4.98 Å². The minimum absolute atomic E-state index is 0.0214. The molecule has 0 radical (unpaired) electrons. The van der Waals surface area contributed by atoms with E-state index in [1.54, 1.807) is 19.1 Å². The van der Waals surface area contributed by atoms with Crippen LogP contribution in [0.4, 0.5) is 0 Å². The molecule has 1 aromatic heterocycles. The van der Waals surface area contributed by atoms with E-state index in [9.17, 15) is 10.2 Å². The fourth-order valence-corrected chi connectivity index (χ4v) is 1.85. The van der Waals surface area contributed by atoms with Gasteiger partial charge < -0.3 is 14.6 Å². The molecule has 3 rings (SSSR count). The van der Waals surface area contributed by atoms with Gasteiger partial charge in [-0.25, -0.2) is 4.98 Å². The van der Waals surface area contributed by atoms with Crippen LogP contribution in [0.25, 0.3) is 11.1 Å². The van der Waals surface area contributed by atoms with Crippen LogP contribution < -0.4 is 0 Å². The first-order chi connectivity index (χ1) is 7.10. The molecule has 0 aliphatic heterocycles. The third kappa shape index (κ3) is 1.15. The van der Waals surface area contributed by atoms with E-state index < -0.39 is 5.60 Å². The maximum absolute atomic E-state index is 9.94. The van der Waals surface area contributed by atoms with E-state index in [0.29, 0.717) is 35.4 Å². The van der Waals surface area contributed by atoms with Crippen LogP contribution in [0.1, 0.15) is 24.3 Å². The smallest absolute Gasteiger partial charge is 0.196 e. The number of benzene rings is 1. The number of phenols is 1. The van der Waals surface area contributed by atoms with Crippen molar-refractivity contribution in [1.29, 1.82) is 0 Å². The van der Waals surface area contributed by atoms with Crippen LogP contribution in [0, 0.1) is 6.92 Å². The zero-order valence-electron chi connectivity index (χ0n) is 8.32. The Labute approximate surface area is 86.2 Å². The van der Waals surface area contributed by atoms with Gasteiger partial charge in [0.1, 0.15) is 5.52 Å². The maximum Gasteiger partial charge on any atom is 0.196 e. The Morgan fingerprint density at radius 1 is 1.40 bits per heavy atom. The van der Waals surface area contributed by atoms with Crippen LogP contribution in [-0.2, 0) is 5.60 Å². The fraction of sp³-hybridized carbons (Fsp3) is 0.364. The number of fused-ring (bicyclic) bond motifs is 1. The normalized spacial score (nSPS) is 18.3. The molecule has 0 spiro atoms. The second kappa shape index (κ2) is 2.52.